The molecule has 0 saturated carbocycles. The highest BCUT2D eigenvalue weighted by Gasteiger charge is 2.44. The molecule has 3 aromatic carbocycles. The molecular weight excluding hydrogens is 319 g/mol. The van der Waals surface area contributed by atoms with Gasteiger partial charge in [-0.15, -0.1) is 0 Å². The minimum atomic E-state index is -2.14. The zero-order valence-corrected chi connectivity index (χ0v) is 15.4. The number of benzene rings is 3. The number of hydrogen-bond acceptors (Lipinski definition) is 0. The summed E-state index contributed by atoms with van der Waals surface area (Å²) in [7, 11) is 0. The number of aryl methyl sites for hydroxylation is 3. The van der Waals surface area contributed by atoms with Crippen molar-refractivity contribution in [2.75, 3.05) is 0 Å². The molecule has 0 nitrogen and oxygen atoms in total. The van der Waals surface area contributed by atoms with Crippen LogP contribution in [0.2, 0.25) is 0 Å². The molecule has 0 saturated heterocycles. The summed E-state index contributed by atoms with van der Waals surface area (Å²) in [5.74, 6) is 0. The second-order valence-corrected chi connectivity index (χ2v) is 10.4. The monoisotopic (exact) mass is 339 g/mol. The fourth-order valence-electron chi connectivity index (χ4n) is 2.91. The van der Waals surface area contributed by atoms with Crippen molar-refractivity contribution in [3.8, 4) is 0 Å². The van der Waals surface area contributed by atoms with Gasteiger partial charge in [0.1, 0.15) is 27.2 Å². The van der Waals surface area contributed by atoms with E-state index >= 15 is 0 Å². The van der Waals surface area contributed by atoms with Crippen LogP contribution in [0.4, 0.5) is 0 Å². The van der Waals surface area contributed by atoms with E-state index in [4.69, 9.17) is 11.2 Å². The van der Waals surface area contributed by atoms with E-state index < -0.39 is 6.62 Å². The molecule has 0 aromatic heterocycles. The first-order valence-corrected chi connectivity index (χ1v) is 10.5. The van der Waals surface area contributed by atoms with Crippen LogP contribution in [0.5, 0.6) is 0 Å². The summed E-state index contributed by atoms with van der Waals surface area (Å²) in [5, 5.41) is 3.65. The summed E-state index contributed by atoms with van der Waals surface area (Å²) in [6, 6.07) is 25.9. The Kier molecular flexibility index (Phi) is 4.57. The molecule has 0 amide bonds. The van der Waals surface area contributed by atoms with Crippen LogP contribution in [0.3, 0.4) is 0 Å². The fourth-order valence-corrected chi connectivity index (χ4v) is 6.77. The summed E-state index contributed by atoms with van der Waals surface area (Å²) in [6.45, 7) is 4.23. The third-order valence-corrected chi connectivity index (χ3v) is 8.80. The van der Waals surface area contributed by atoms with Gasteiger partial charge in [-0.3, -0.25) is 0 Å². The van der Waals surface area contributed by atoms with Gasteiger partial charge in [-0.05, 0) is 73.9 Å². The smallest absolute Gasteiger partial charge is 0.0590 e. The maximum absolute atomic E-state index is 7.44. The van der Waals surface area contributed by atoms with Gasteiger partial charge in [0.15, 0.2) is 0 Å². The second kappa shape index (κ2) is 6.48. The Hall–Kier alpha value is -1.62. The third kappa shape index (κ3) is 3.20. The molecule has 0 unspecified atom stereocenters. The standard InChI is InChI=1S/C21H21ClP/c1-16-7-4-10-19(13-16)23(22,20-11-5-8-17(2)14-20)21-12-6-9-18(3)15-21/h4-15H,1-3H3/q+1. The largest absolute Gasteiger partial charge is 0.210 e. The van der Waals surface area contributed by atoms with Crippen molar-refractivity contribution in [3.63, 3.8) is 0 Å². The lowest BCUT2D eigenvalue weighted by atomic mass is 10.2. The fraction of sp³-hybridized carbons (Fsp3) is 0.143. The molecule has 0 heterocycles. The predicted molar refractivity (Wildman–Crippen MR) is 105 cm³/mol. The molecule has 0 fully saturated rings. The molecule has 116 valence electrons. The number of halogens is 1. The normalized spacial score (nSPS) is 11.5. The van der Waals surface area contributed by atoms with Crippen molar-refractivity contribution < 1.29 is 0 Å². The summed E-state index contributed by atoms with van der Waals surface area (Å²) < 4.78 is 0. The van der Waals surface area contributed by atoms with E-state index in [2.05, 4.69) is 93.6 Å². The van der Waals surface area contributed by atoms with Crippen molar-refractivity contribution in [2.45, 2.75) is 20.8 Å². The van der Waals surface area contributed by atoms with E-state index in [1.807, 2.05) is 0 Å². The lowest BCUT2D eigenvalue weighted by Gasteiger charge is -2.20. The second-order valence-electron chi connectivity index (χ2n) is 6.11. The van der Waals surface area contributed by atoms with Crippen molar-refractivity contribution in [1.29, 1.82) is 0 Å². The van der Waals surface area contributed by atoms with Crippen molar-refractivity contribution in [1.82, 2.24) is 0 Å². The Morgan fingerprint density at radius 3 is 1.13 bits per heavy atom. The lowest BCUT2D eigenvalue weighted by Crippen LogP contribution is -2.27. The van der Waals surface area contributed by atoms with Gasteiger partial charge in [-0.2, -0.15) is 0 Å². The van der Waals surface area contributed by atoms with Crippen molar-refractivity contribution >= 4 is 33.8 Å². The van der Waals surface area contributed by atoms with Crippen LogP contribution in [-0.4, -0.2) is 0 Å². The summed E-state index contributed by atoms with van der Waals surface area (Å²) in [5.41, 5.74) is 3.73. The lowest BCUT2D eigenvalue weighted by molar-refractivity contribution is 1.48. The van der Waals surface area contributed by atoms with Gasteiger partial charge in [0, 0.05) is 0 Å². The van der Waals surface area contributed by atoms with E-state index in [-0.39, 0.29) is 0 Å². The predicted octanol–water partition coefficient (Wildman–Crippen LogP) is 5.06. The summed E-state index contributed by atoms with van der Waals surface area (Å²) in [6.07, 6.45) is 0. The Balaban J connectivity index is 2.29. The van der Waals surface area contributed by atoms with Gasteiger partial charge in [0.2, 0.25) is 6.62 Å². The molecule has 0 radical (unpaired) electrons. The third-order valence-electron chi connectivity index (χ3n) is 4.07. The molecule has 0 aliphatic carbocycles. The molecule has 3 rings (SSSR count). The molecule has 0 spiro atoms. The van der Waals surface area contributed by atoms with Gasteiger partial charge in [-0.1, -0.05) is 36.4 Å². The van der Waals surface area contributed by atoms with E-state index in [1.165, 1.54) is 32.6 Å². The minimum Gasteiger partial charge on any atom is -0.0590 e. The van der Waals surface area contributed by atoms with Crippen molar-refractivity contribution in [3.05, 3.63) is 89.5 Å². The van der Waals surface area contributed by atoms with Gasteiger partial charge in [0.05, 0.1) is 0 Å². The number of hydrogen-bond donors (Lipinski definition) is 0. The highest BCUT2D eigenvalue weighted by atomic mass is 35.7. The van der Waals surface area contributed by atoms with Gasteiger partial charge in [-0.25, -0.2) is 0 Å². The van der Waals surface area contributed by atoms with Crippen LogP contribution in [0, 0.1) is 20.8 Å². The zero-order valence-electron chi connectivity index (χ0n) is 13.8. The Labute approximate surface area is 144 Å². The number of rotatable bonds is 3. The van der Waals surface area contributed by atoms with Crippen LogP contribution in [0.25, 0.3) is 0 Å². The summed E-state index contributed by atoms with van der Waals surface area (Å²) >= 11 is 7.44. The molecule has 0 atom stereocenters. The topological polar surface area (TPSA) is 0 Å². The molecule has 0 aliphatic rings. The van der Waals surface area contributed by atoms with E-state index in [0.717, 1.165) is 0 Å². The Morgan fingerprint density at radius 2 is 0.870 bits per heavy atom. The van der Waals surface area contributed by atoms with Crippen LogP contribution in [0.1, 0.15) is 16.7 Å². The molecule has 0 N–H and O–H groups in total. The molecule has 2 heteroatoms. The highest BCUT2D eigenvalue weighted by Crippen LogP contribution is 2.60. The molecular formula is C21H21ClP+. The first kappa shape index (κ1) is 16.2. The highest BCUT2D eigenvalue weighted by molar-refractivity contribution is 8.14. The van der Waals surface area contributed by atoms with Crippen LogP contribution < -0.4 is 15.9 Å². The SMILES string of the molecule is Cc1cccc([P+](Cl)(c2cccc(C)c2)c2cccc(C)c2)c1. The average Bonchev–Trinajstić information content (AvgIpc) is 2.54. The average molecular weight is 340 g/mol. The Morgan fingerprint density at radius 1 is 0.565 bits per heavy atom. The van der Waals surface area contributed by atoms with Gasteiger partial charge >= 0.3 is 0 Å². The molecule has 0 aliphatic heterocycles. The molecule has 0 bridgehead atoms. The van der Waals surface area contributed by atoms with Crippen LogP contribution in [0.15, 0.2) is 72.8 Å². The van der Waals surface area contributed by atoms with Crippen LogP contribution in [-0.2, 0) is 0 Å². The molecule has 3 aromatic rings. The van der Waals surface area contributed by atoms with Crippen molar-refractivity contribution in [2.24, 2.45) is 0 Å². The maximum atomic E-state index is 7.44. The van der Waals surface area contributed by atoms with E-state index in [9.17, 15) is 0 Å². The minimum absolute atomic E-state index is 1.22. The van der Waals surface area contributed by atoms with E-state index in [0.29, 0.717) is 0 Å². The first-order valence-electron chi connectivity index (χ1n) is 7.80. The van der Waals surface area contributed by atoms with E-state index in [1.54, 1.807) is 0 Å². The maximum Gasteiger partial charge on any atom is 0.210 e. The van der Waals surface area contributed by atoms with Crippen LogP contribution >= 0.6 is 17.9 Å². The van der Waals surface area contributed by atoms with Gasteiger partial charge < -0.3 is 0 Å². The first-order chi connectivity index (χ1) is 11.0. The quantitative estimate of drug-likeness (QED) is 0.585. The molecule has 23 heavy (non-hydrogen) atoms. The summed E-state index contributed by atoms with van der Waals surface area (Å²) in [4.78, 5) is 0. The Bertz CT molecular complexity index is 728. The van der Waals surface area contributed by atoms with Gasteiger partial charge in [0.25, 0.3) is 0 Å². The zero-order chi connectivity index (χ0) is 16.4.